The van der Waals surface area contributed by atoms with Crippen LogP contribution in [0.1, 0.15) is 32.3 Å². The molecule has 8 nitrogen and oxygen atoms in total. The molecule has 5 atom stereocenters. The van der Waals surface area contributed by atoms with Crippen molar-refractivity contribution in [3.05, 3.63) is 29.8 Å². The molecule has 3 amide bonds. The van der Waals surface area contributed by atoms with E-state index in [0.29, 0.717) is 25.8 Å². The van der Waals surface area contributed by atoms with Crippen molar-refractivity contribution < 1.29 is 37.1 Å². The maximum atomic E-state index is 13.2. The van der Waals surface area contributed by atoms with E-state index in [0.717, 1.165) is 12.1 Å². The largest absolute Gasteiger partial charge is 0.484 e. The van der Waals surface area contributed by atoms with Crippen LogP contribution in [0.2, 0.25) is 0 Å². The van der Waals surface area contributed by atoms with Gasteiger partial charge in [-0.05, 0) is 48.3 Å². The number of hydrogen-bond acceptors (Lipinski definition) is 5. The zero-order chi connectivity index (χ0) is 25.5. The van der Waals surface area contributed by atoms with Gasteiger partial charge in [-0.2, -0.15) is 13.2 Å². The van der Waals surface area contributed by atoms with Crippen molar-refractivity contribution in [2.24, 2.45) is 23.2 Å². The molecule has 1 saturated carbocycles. The van der Waals surface area contributed by atoms with Crippen LogP contribution in [-0.2, 0) is 25.4 Å². The second-order valence-corrected chi connectivity index (χ2v) is 10.0. The lowest BCUT2D eigenvalue weighted by Crippen LogP contribution is -2.53. The Hall–Kier alpha value is -3.11. The van der Waals surface area contributed by atoms with Crippen LogP contribution < -0.4 is 15.4 Å². The number of fused-ring (bicyclic) bond motifs is 1. The molecule has 2 heterocycles. The predicted molar refractivity (Wildman–Crippen MR) is 117 cm³/mol. The summed E-state index contributed by atoms with van der Waals surface area (Å²) >= 11 is 0. The van der Waals surface area contributed by atoms with Crippen LogP contribution in [0.4, 0.5) is 13.2 Å². The van der Waals surface area contributed by atoms with Crippen LogP contribution in [0, 0.1) is 23.2 Å². The molecule has 0 aromatic heterocycles. The normalized spacial score (nSPS) is 27.6. The molecule has 1 aromatic rings. The minimum Gasteiger partial charge on any atom is -0.484 e. The SMILES string of the molecule is CC1(C)C2CN(C(=O)COc3cccc(C(F)(F)F)c3)[C@@H](C(=O)N[C@H](C=O)C[C@@H]3CCNC3=O)C21. The molecule has 2 aliphatic heterocycles. The van der Waals surface area contributed by atoms with Gasteiger partial charge in [0.2, 0.25) is 11.8 Å². The number of ether oxygens (including phenoxy) is 1. The van der Waals surface area contributed by atoms with E-state index in [4.69, 9.17) is 4.74 Å². The van der Waals surface area contributed by atoms with Gasteiger partial charge >= 0.3 is 6.18 Å². The topological polar surface area (TPSA) is 105 Å². The van der Waals surface area contributed by atoms with E-state index in [1.54, 1.807) is 0 Å². The van der Waals surface area contributed by atoms with Gasteiger partial charge in [0.15, 0.2) is 6.61 Å². The van der Waals surface area contributed by atoms with Crippen molar-refractivity contribution in [2.75, 3.05) is 19.7 Å². The number of nitrogens with zero attached hydrogens (tertiary/aromatic N) is 1. The highest BCUT2D eigenvalue weighted by Crippen LogP contribution is 2.64. The van der Waals surface area contributed by atoms with Crippen molar-refractivity contribution in [3.8, 4) is 5.75 Å². The smallest absolute Gasteiger partial charge is 0.416 e. The Morgan fingerprint density at radius 3 is 2.71 bits per heavy atom. The molecule has 11 heteroatoms. The Balaban J connectivity index is 1.41. The molecule has 2 unspecified atom stereocenters. The Bertz CT molecular complexity index is 1030. The Morgan fingerprint density at radius 2 is 2.09 bits per heavy atom. The fraction of sp³-hybridized carbons (Fsp3) is 0.583. The molecule has 35 heavy (non-hydrogen) atoms. The lowest BCUT2D eigenvalue weighted by Gasteiger charge is -2.31. The summed E-state index contributed by atoms with van der Waals surface area (Å²) in [5, 5.41) is 5.38. The van der Waals surface area contributed by atoms with Crippen LogP contribution in [0.25, 0.3) is 0 Å². The maximum Gasteiger partial charge on any atom is 0.416 e. The van der Waals surface area contributed by atoms with Gasteiger partial charge in [0, 0.05) is 19.0 Å². The molecule has 0 bridgehead atoms. The number of nitrogens with one attached hydrogen (secondary N) is 2. The number of amides is 3. The summed E-state index contributed by atoms with van der Waals surface area (Å²) in [4.78, 5) is 51.0. The van der Waals surface area contributed by atoms with Crippen molar-refractivity contribution >= 4 is 24.0 Å². The van der Waals surface area contributed by atoms with Gasteiger partial charge in [0.25, 0.3) is 5.91 Å². The predicted octanol–water partition coefficient (Wildman–Crippen LogP) is 1.78. The second kappa shape index (κ2) is 9.16. The van der Waals surface area contributed by atoms with Crippen LogP contribution in [0.3, 0.4) is 0 Å². The van der Waals surface area contributed by atoms with Gasteiger partial charge in [0.05, 0.1) is 11.6 Å². The molecule has 3 fully saturated rings. The zero-order valence-corrected chi connectivity index (χ0v) is 19.4. The van der Waals surface area contributed by atoms with Crippen LogP contribution in [-0.4, -0.2) is 60.7 Å². The van der Waals surface area contributed by atoms with E-state index in [9.17, 15) is 32.3 Å². The minimum atomic E-state index is -4.54. The van der Waals surface area contributed by atoms with Gasteiger partial charge in [-0.3, -0.25) is 14.4 Å². The molecular weight excluding hydrogens is 467 g/mol. The summed E-state index contributed by atoms with van der Waals surface area (Å²) in [5.41, 5.74) is -1.05. The monoisotopic (exact) mass is 495 g/mol. The molecule has 4 rings (SSSR count). The molecule has 3 aliphatic rings. The molecule has 1 aliphatic carbocycles. The van der Waals surface area contributed by atoms with E-state index in [-0.39, 0.29) is 41.2 Å². The number of aldehydes is 1. The molecule has 190 valence electrons. The first kappa shape index (κ1) is 25.0. The lowest BCUT2D eigenvalue weighted by atomic mass is 9.97. The zero-order valence-electron chi connectivity index (χ0n) is 19.4. The molecule has 0 spiro atoms. The molecule has 2 N–H and O–H groups in total. The summed E-state index contributed by atoms with van der Waals surface area (Å²) in [7, 11) is 0. The first-order valence-electron chi connectivity index (χ1n) is 11.6. The number of benzene rings is 1. The fourth-order valence-electron chi connectivity index (χ4n) is 5.43. The number of piperidine rings is 1. The average Bonchev–Trinajstić information content (AvgIpc) is 3.16. The average molecular weight is 495 g/mol. The number of alkyl halides is 3. The van der Waals surface area contributed by atoms with Gasteiger partial charge in [0.1, 0.15) is 18.1 Å². The van der Waals surface area contributed by atoms with Crippen LogP contribution in [0.5, 0.6) is 5.75 Å². The number of carbonyl (C=O) groups excluding carboxylic acids is 4. The number of rotatable bonds is 8. The second-order valence-electron chi connectivity index (χ2n) is 10.0. The van der Waals surface area contributed by atoms with Crippen molar-refractivity contribution in [1.82, 2.24) is 15.5 Å². The van der Waals surface area contributed by atoms with Crippen LogP contribution >= 0.6 is 0 Å². The van der Waals surface area contributed by atoms with Gasteiger partial charge in [-0.15, -0.1) is 0 Å². The maximum absolute atomic E-state index is 13.2. The number of halogens is 3. The van der Waals surface area contributed by atoms with E-state index in [1.807, 2.05) is 13.8 Å². The van der Waals surface area contributed by atoms with Gasteiger partial charge in [-0.25, -0.2) is 0 Å². The third kappa shape index (κ3) is 4.99. The highest BCUT2D eigenvalue weighted by molar-refractivity contribution is 5.91. The van der Waals surface area contributed by atoms with E-state index < -0.39 is 42.2 Å². The Morgan fingerprint density at radius 1 is 1.34 bits per heavy atom. The highest BCUT2D eigenvalue weighted by atomic mass is 19.4. The fourth-order valence-corrected chi connectivity index (χ4v) is 5.43. The van der Waals surface area contributed by atoms with Crippen LogP contribution in [0.15, 0.2) is 24.3 Å². The van der Waals surface area contributed by atoms with Gasteiger partial charge in [-0.1, -0.05) is 19.9 Å². The Labute approximate surface area is 200 Å². The Kier molecular flexibility index (Phi) is 6.54. The quantitative estimate of drug-likeness (QED) is 0.535. The van der Waals surface area contributed by atoms with E-state index >= 15 is 0 Å². The van der Waals surface area contributed by atoms with Crippen molar-refractivity contribution in [1.29, 1.82) is 0 Å². The first-order chi connectivity index (χ1) is 16.4. The molecule has 0 radical (unpaired) electrons. The summed E-state index contributed by atoms with van der Waals surface area (Å²) in [6.45, 7) is 4.33. The molecular formula is C24H28F3N3O5. The number of carbonyl (C=O) groups is 4. The number of likely N-dealkylation sites (tertiary alicyclic amines) is 1. The first-order valence-corrected chi connectivity index (χ1v) is 11.6. The van der Waals surface area contributed by atoms with Crippen molar-refractivity contribution in [3.63, 3.8) is 0 Å². The van der Waals surface area contributed by atoms with E-state index in [2.05, 4.69) is 10.6 Å². The molecule has 2 saturated heterocycles. The van der Waals surface area contributed by atoms with Gasteiger partial charge < -0.3 is 25.1 Å². The van der Waals surface area contributed by atoms with E-state index in [1.165, 1.54) is 17.0 Å². The lowest BCUT2D eigenvalue weighted by molar-refractivity contribution is -0.142. The number of hydrogen-bond donors (Lipinski definition) is 2. The third-order valence-corrected chi connectivity index (χ3v) is 7.51. The highest BCUT2D eigenvalue weighted by Gasteiger charge is 2.69. The third-order valence-electron chi connectivity index (χ3n) is 7.51. The summed E-state index contributed by atoms with van der Waals surface area (Å²) in [6.07, 6.45) is -3.19. The minimum absolute atomic E-state index is 0.0889. The molecule has 1 aromatic carbocycles. The standard InChI is InChI=1S/C24H28F3N3O5/c1-23(2)17-10-30(18(32)12-35-16-5-3-4-14(9-16)24(25,26)27)20(19(17)23)22(34)29-15(11-31)8-13-6-7-28-21(13)33/h3-5,9,11,13,15,17,19-20H,6-8,10,12H2,1-2H3,(H,28,33)(H,29,34)/t13-,15-,17?,19?,20+/m0/s1. The van der Waals surface area contributed by atoms with Crippen molar-refractivity contribution in [2.45, 2.75) is 44.9 Å². The summed E-state index contributed by atoms with van der Waals surface area (Å²) in [5.74, 6) is -1.64. The summed E-state index contributed by atoms with van der Waals surface area (Å²) < 4.78 is 44.1. The summed E-state index contributed by atoms with van der Waals surface area (Å²) in [6, 6.07) is 2.55.